The Bertz CT molecular complexity index is 624. The lowest BCUT2D eigenvalue weighted by atomic mass is 9.98. The zero-order valence-electron chi connectivity index (χ0n) is 19.7. The zero-order valence-corrected chi connectivity index (χ0v) is 20.6. The minimum atomic E-state index is -1.17. The van der Waals surface area contributed by atoms with Gasteiger partial charge >= 0.3 is 5.97 Å². The summed E-state index contributed by atoms with van der Waals surface area (Å²) in [7, 11) is 0. The van der Waals surface area contributed by atoms with Crippen molar-refractivity contribution < 1.29 is 24.3 Å². The molecule has 0 aromatic heterocycles. The molecule has 0 fully saturated rings. The highest BCUT2D eigenvalue weighted by molar-refractivity contribution is 7.80. The van der Waals surface area contributed by atoms with Crippen LogP contribution in [0.3, 0.4) is 0 Å². The summed E-state index contributed by atoms with van der Waals surface area (Å²) >= 11 is 4.12. The Kier molecular flexibility index (Phi) is 16.6. The number of nitrogens with two attached hydrogens (primary N) is 3. The van der Waals surface area contributed by atoms with Crippen LogP contribution in [0.1, 0.15) is 58.8 Å². The average molecular weight is 491 g/mol. The largest absolute Gasteiger partial charge is 0.480 e. The highest BCUT2D eigenvalue weighted by Crippen LogP contribution is 2.08. The molecule has 0 aliphatic rings. The summed E-state index contributed by atoms with van der Waals surface area (Å²) in [6.07, 6.45) is 3.67. The molecule has 0 heterocycles. The summed E-state index contributed by atoms with van der Waals surface area (Å²) in [6, 6.07) is -3.85. The number of thiol groups is 1. The number of carboxylic acid groups (broad SMARTS) is 1. The first-order chi connectivity index (χ1) is 15.6. The Balaban J connectivity index is 5.22. The van der Waals surface area contributed by atoms with Crippen LogP contribution < -0.4 is 33.2 Å². The summed E-state index contributed by atoms with van der Waals surface area (Å²) in [4.78, 5) is 49.5. The number of carbonyl (C=O) groups excluding carboxylic acids is 3. The van der Waals surface area contributed by atoms with Crippen LogP contribution in [0.15, 0.2) is 0 Å². The van der Waals surface area contributed by atoms with Crippen molar-refractivity contribution in [3.63, 3.8) is 0 Å². The molecule has 11 nitrogen and oxygen atoms in total. The zero-order chi connectivity index (χ0) is 25.4. The molecule has 0 bridgehead atoms. The Morgan fingerprint density at radius 1 is 0.818 bits per heavy atom. The van der Waals surface area contributed by atoms with Crippen LogP contribution in [-0.2, 0) is 19.2 Å². The first-order valence-electron chi connectivity index (χ1n) is 11.5. The van der Waals surface area contributed by atoms with Gasteiger partial charge in [-0.3, -0.25) is 14.4 Å². The van der Waals surface area contributed by atoms with Crippen molar-refractivity contribution in [2.24, 2.45) is 23.1 Å². The van der Waals surface area contributed by atoms with Crippen LogP contribution in [0.4, 0.5) is 0 Å². The van der Waals surface area contributed by atoms with E-state index in [2.05, 4.69) is 28.6 Å². The molecule has 0 rings (SSSR count). The molecule has 0 aromatic rings. The van der Waals surface area contributed by atoms with E-state index < -0.39 is 47.9 Å². The van der Waals surface area contributed by atoms with Crippen molar-refractivity contribution in [1.29, 1.82) is 0 Å². The maximum Gasteiger partial charge on any atom is 0.326 e. The molecule has 0 aliphatic heterocycles. The van der Waals surface area contributed by atoms with Gasteiger partial charge in [-0.05, 0) is 57.5 Å². The lowest BCUT2D eigenvalue weighted by Crippen LogP contribution is -2.58. The van der Waals surface area contributed by atoms with Gasteiger partial charge in [0.1, 0.15) is 18.1 Å². The van der Waals surface area contributed by atoms with Gasteiger partial charge in [0.2, 0.25) is 17.7 Å². The van der Waals surface area contributed by atoms with E-state index in [-0.39, 0.29) is 18.1 Å². The highest BCUT2D eigenvalue weighted by Gasteiger charge is 2.30. The topological polar surface area (TPSA) is 203 Å². The van der Waals surface area contributed by atoms with E-state index in [1.807, 2.05) is 13.8 Å². The number of aliphatic carboxylic acids is 1. The Hall–Kier alpha value is -1.89. The second kappa shape index (κ2) is 17.6. The molecular formula is C21H42N6O5S. The molecule has 0 radical (unpaired) electrons. The molecule has 0 saturated carbocycles. The molecule has 0 spiro atoms. The molecular weight excluding hydrogens is 448 g/mol. The molecule has 12 heteroatoms. The standard InChI is InChI=1S/C21H42N6O5S/c1-3-13(2)17(24)20(30)25-14(8-4-6-10-22)18(28)27-16(12-33)19(29)26-15(21(31)32)9-5-7-11-23/h13-17,33H,3-12,22-24H2,1-2H3,(H,25,30)(H,26,29)(H,27,28)(H,31,32). The van der Waals surface area contributed by atoms with E-state index in [1.54, 1.807) is 0 Å². The molecule has 3 amide bonds. The van der Waals surface area contributed by atoms with Gasteiger partial charge in [0.15, 0.2) is 0 Å². The summed E-state index contributed by atoms with van der Waals surface area (Å²) in [6.45, 7) is 4.63. The first-order valence-corrected chi connectivity index (χ1v) is 12.2. The molecule has 5 atom stereocenters. The number of unbranched alkanes of at least 4 members (excludes halogenated alkanes) is 2. The minimum Gasteiger partial charge on any atom is -0.480 e. The molecule has 10 N–H and O–H groups in total. The fraction of sp³-hybridized carbons (Fsp3) is 0.810. The Labute approximate surface area is 201 Å². The van der Waals surface area contributed by atoms with Crippen molar-refractivity contribution in [3.05, 3.63) is 0 Å². The summed E-state index contributed by atoms with van der Waals surface area (Å²) in [5.74, 6) is -2.98. The van der Waals surface area contributed by atoms with Crippen molar-refractivity contribution in [1.82, 2.24) is 16.0 Å². The number of rotatable bonds is 18. The lowest BCUT2D eigenvalue weighted by molar-refractivity contribution is -0.142. The monoisotopic (exact) mass is 490 g/mol. The average Bonchev–Trinajstić information content (AvgIpc) is 2.79. The number of hydrogen-bond donors (Lipinski definition) is 8. The first kappa shape index (κ1) is 31.1. The van der Waals surface area contributed by atoms with Gasteiger partial charge in [0.25, 0.3) is 0 Å². The second-order valence-corrected chi connectivity index (χ2v) is 8.55. The van der Waals surface area contributed by atoms with Gasteiger partial charge in [-0.25, -0.2) is 4.79 Å². The van der Waals surface area contributed by atoms with Gasteiger partial charge in [0, 0.05) is 5.75 Å². The van der Waals surface area contributed by atoms with E-state index in [4.69, 9.17) is 17.2 Å². The fourth-order valence-corrected chi connectivity index (χ4v) is 3.29. The number of carbonyl (C=O) groups is 4. The normalized spacial score (nSPS) is 15.6. The smallest absolute Gasteiger partial charge is 0.326 e. The van der Waals surface area contributed by atoms with E-state index in [0.717, 1.165) is 0 Å². The van der Waals surface area contributed by atoms with Crippen LogP contribution in [0.5, 0.6) is 0 Å². The predicted molar refractivity (Wildman–Crippen MR) is 131 cm³/mol. The molecule has 192 valence electrons. The molecule has 0 aliphatic carbocycles. The quantitative estimate of drug-likeness (QED) is 0.0890. The lowest BCUT2D eigenvalue weighted by Gasteiger charge is -2.25. The Morgan fingerprint density at radius 3 is 1.73 bits per heavy atom. The van der Waals surface area contributed by atoms with Crippen LogP contribution in [0, 0.1) is 5.92 Å². The number of carboxylic acids is 1. The molecule has 5 unspecified atom stereocenters. The van der Waals surface area contributed by atoms with Crippen LogP contribution in [0.25, 0.3) is 0 Å². The Morgan fingerprint density at radius 2 is 1.27 bits per heavy atom. The summed E-state index contributed by atoms with van der Waals surface area (Å²) in [5.41, 5.74) is 16.9. The minimum absolute atomic E-state index is 0.0530. The van der Waals surface area contributed by atoms with Crippen LogP contribution in [0.2, 0.25) is 0 Å². The maximum atomic E-state index is 12.9. The third kappa shape index (κ3) is 12.2. The van der Waals surface area contributed by atoms with Gasteiger partial charge < -0.3 is 38.3 Å². The second-order valence-electron chi connectivity index (χ2n) is 8.18. The van der Waals surface area contributed by atoms with Crippen molar-refractivity contribution in [2.45, 2.75) is 83.0 Å². The van der Waals surface area contributed by atoms with Crippen molar-refractivity contribution in [3.8, 4) is 0 Å². The third-order valence-electron chi connectivity index (χ3n) is 5.52. The van der Waals surface area contributed by atoms with Crippen molar-refractivity contribution >= 4 is 36.3 Å². The van der Waals surface area contributed by atoms with E-state index in [1.165, 1.54) is 0 Å². The summed E-state index contributed by atoms with van der Waals surface area (Å²) < 4.78 is 0. The van der Waals surface area contributed by atoms with Gasteiger partial charge in [-0.15, -0.1) is 0 Å². The fourth-order valence-electron chi connectivity index (χ4n) is 3.03. The van der Waals surface area contributed by atoms with E-state index in [9.17, 15) is 24.3 Å². The number of nitrogens with one attached hydrogen (secondary N) is 3. The van der Waals surface area contributed by atoms with Crippen molar-refractivity contribution in [2.75, 3.05) is 18.8 Å². The highest BCUT2D eigenvalue weighted by atomic mass is 32.1. The van der Waals surface area contributed by atoms with Gasteiger partial charge in [-0.2, -0.15) is 12.6 Å². The van der Waals surface area contributed by atoms with E-state index >= 15 is 0 Å². The SMILES string of the molecule is CCC(C)C(N)C(=O)NC(CCCCN)C(=O)NC(CS)C(=O)NC(CCCCN)C(=O)O. The van der Waals surface area contributed by atoms with Gasteiger partial charge in [0.05, 0.1) is 6.04 Å². The predicted octanol–water partition coefficient (Wildman–Crippen LogP) is -0.913. The number of amides is 3. The third-order valence-corrected chi connectivity index (χ3v) is 5.88. The van der Waals surface area contributed by atoms with Gasteiger partial charge in [-0.1, -0.05) is 20.3 Å². The maximum absolute atomic E-state index is 12.9. The molecule has 0 saturated heterocycles. The molecule has 33 heavy (non-hydrogen) atoms. The van der Waals surface area contributed by atoms with Crippen LogP contribution in [-0.4, -0.2) is 71.8 Å². The molecule has 0 aromatic carbocycles. The van der Waals surface area contributed by atoms with Crippen LogP contribution >= 0.6 is 12.6 Å². The van der Waals surface area contributed by atoms with E-state index in [0.29, 0.717) is 51.6 Å². The summed E-state index contributed by atoms with van der Waals surface area (Å²) in [5, 5.41) is 17.0. The number of hydrogen-bond acceptors (Lipinski definition) is 8.